The number of aliphatic hydroxyl groups excluding tert-OH is 1. The van der Waals surface area contributed by atoms with Crippen molar-refractivity contribution < 1.29 is 14.6 Å². The van der Waals surface area contributed by atoms with Gasteiger partial charge in [0.05, 0.1) is 24.8 Å². The van der Waals surface area contributed by atoms with Gasteiger partial charge in [0.2, 0.25) is 0 Å². The zero-order valence-electron chi connectivity index (χ0n) is 19.1. The second-order valence-electron chi connectivity index (χ2n) is 8.26. The van der Waals surface area contributed by atoms with Gasteiger partial charge in [0, 0.05) is 24.1 Å². The molecule has 0 saturated heterocycles. The number of hydrogen-bond acceptors (Lipinski definition) is 3. The number of carbonyl (C=O) groups excluding carboxylic acids is 1. The summed E-state index contributed by atoms with van der Waals surface area (Å²) in [6.45, 7) is 2.41. The standard InChI is InChI=1S/C28H30N2O3/c1-3-15-33-27-14-13-21(20-9-5-4-6-10-20)17-25(27)28(32)29-23(19-31)16-22-18-30(2)26-12-8-7-11-24(22)26/h4-14,17-18,23,31H,3,15-16,19H2,1-2H3,(H,29,32)/t23-/m1/s1. The Morgan fingerprint density at radius 3 is 2.55 bits per heavy atom. The van der Waals surface area contributed by atoms with Gasteiger partial charge in [-0.15, -0.1) is 0 Å². The van der Waals surface area contributed by atoms with E-state index in [4.69, 9.17) is 4.74 Å². The number of amides is 1. The number of aromatic nitrogens is 1. The van der Waals surface area contributed by atoms with Gasteiger partial charge in [0.1, 0.15) is 5.75 Å². The van der Waals surface area contributed by atoms with Crippen LogP contribution in [0.25, 0.3) is 22.0 Å². The molecule has 0 aliphatic rings. The summed E-state index contributed by atoms with van der Waals surface area (Å²) >= 11 is 0. The molecule has 5 heteroatoms. The second kappa shape index (κ2) is 10.4. The molecule has 0 aliphatic carbocycles. The minimum Gasteiger partial charge on any atom is -0.493 e. The van der Waals surface area contributed by atoms with Crippen molar-refractivity contribution >= 4 is 16.8 Å². The molecule has 1 atom stereocenters. The maximum absolute atomic E-state index is 13.3. The van der Waals surface area contributed by atoms with Gasteiger partial charge >= 0.3 is 0 Å². The normalized spacial score (nSPS) is 12.0. The largest absolute Gasteiger partial charge is 0.493 e. The molecule has 0 spiro atoms. The Balaban J connectivity index is 1.59. The lowest BCUT2D eigenvalue weighted by atomic mass is 10.0. The molecule has 1 amide bonds. The highest BCUT2D eigenvalue weighted by Crippen LogP contribution is 2.27. The summed E-state index contributed by atoms with van der Waals surface area (Å²) in [5.41, 5.74) is 4.66. The molecule has 4 aromatic rings. The smallest absolute Gasteiger partial charge is 0.255 e. The third-order valence-corrected chi connectivity index (χ3v) is 5.79. The molecule has 5 nitrogen and oxygen atoms in total. The average Bonchev–Trinajstić information content (AvgIpc) is 3.17. The molecule has 2 N–H and O–H groups in total. The van der Waals surface area contributed by atoms with Crippen LogP contribution in [0.15, 0.2) is 79.0 Å². The summed E-state index contributed by atoms with van der Waals surface area (Å²) < 4.78 is 7.94. The summed E-state index contributed by atoms with van der Waals surface area (Å²) in [5, 5.41) is 14.2. The Labute approximate surface area is 194 Å². The van der Waals surface area contributed by atoms with Crippen molar-refractivity contribution in [3.8, 4) is 16.9 Å². The van der Waals surface area contributed by atoms with E-state index in [0.717, 1.165) is 34.0 Å². The molecule has 0 saturated carbocycles. The van der Waals surface area contributed by atoms with Crippen LogP contribution in [-0.4, -0.2) is 34.8 Å². The van der Waals surface area contributed by atoms with Crippen molar-refractivity contribution in [1.29, 1.82) is 0 Å². The second-order valence-corrected chi connectivity index (χ2v) is 8.26. The first-order chi connectivity index (χ1) is 16.1. The molecule has 0 aliphatic heterocycles. The minimum atomic E-state index is -0.414. The van der Waals surface area contributed by atoms with Crippen LogP contribution >= 0.6 is 0 Å². The van der Waals surface area contributed by atoms with E-state index in [0.29, 0.717) is 24.3 Å². The summed E-state index contributed by atoms with van der Waals surface area (Å²) in [6, 6.07) is 23.4. The summed E-state index contributed by atoms with van der Waals surface area (Å²) in [7, 11) is 2.00. The highest BCUT2D eigenvalue weighted by molar-refractivity contribution is 5.98. The number of hydrogen-bond donors (Lipinski definition) is 2. The fraction of sp³-hybridized carbons (Fsp3) is 0.250. The van der Waals surface area contributed by atoms with E-state index in [2.05, 4.69) is 28.2 Å². The van der Waals surface area contributed by atoms with Crippen molar-refractivity contribution in [2.45, 2.75) is 25.8 Å². The Bertz CT molecular complexity index is 1230. The quantitative estimate of drug-likeness (QED) is 0.385. The Kier molecular flexibility index (Phi) is 7.10. The number of rotatable bonds is 9. The number of aliphatic hydroxyl groups is 1. The molecule has 1 aromatic heterocycles. The monoisotopic (exact) mass is 442 g/mol. The van der Waals surface area contributed by atoms with Gasteiger partial charge in [-0.05, 0) is 47.7 Å². The maximum Gasteiger partial charge on any atom is 0.255 e. The number of nitrogens with zero attached hydrogens (tertiary/aromatic N) is 1. The zero-order chi connectivity index (χ0) is 23.2. The van der Waals surface area contributed by atoms with Crippen molar-refractivity contribution in [2.75, 3.05) is 13.2 Å². The summed E-state index contributed by atoms with van der Waals surface area (Å²) in [5.74, 6) is 0.300. The van der Waals surface area contributed by atoms with Crippen LogP contribution in [0.5, 0.6) is 5.75 Å². The van der Waals surface area contributed by atoms with Crippen LogP contribution in [0.2, 0.25) is 0 Å². The average molecular weight is 443 g/mol. The predicted molar refractivity (Wildman–Crippen MR) is 133 cm³/mol. The van der Waals surface area contributed by atoms with Gasteiger partial charge in [-0.25, -0.2) is 0 Å². The molecule has 1 heterocycles. The molecule has 0 fully saturated rings. The lowest BCUT2D eigenvalue weighted by molar-refractivity contribution is 0.0912. The van der Waals surface area contributed by atoms with Crippen LogP contribution < -0.4 is 10.1 Å². The van der Waals surface area contributed by atoms with E-state index in [1.54, 1.807) is 0 Å². The maximum atomic E-state index is 13.3. The number of fused-ring (bicyclic) bond motifs is 1. The summed E-state index contributed by atoms with van der Waals surface area (Å²) in [4.78, 5) is 13.3. The van der Waals surface area contributed by atoms with Gasteiger partial charge in [-0.3, -0.25) is 4.79 Å². The van der Waals surface area contributed by atoms with Crippen molar-refractivity contribution in [1.82, 2.24) is 9.88 Å². The number of aryl methyl sites for hydroxylation is 1. The van der Waals surface area contributed by atoms with Gasteiger partial charge in [-0.1, -0.05) is 61.5 Å². The fourth-order valence-electron chi connectivity index (χ4n) is 4.13. The third-order valence-electron chi connectivity index (χ3n) is 5.79. The van der Waals surface area contributed by atoms with E-state index in [1.807, 2.05) is 74.6 Å². The SMILES string of the molecule is CCCOc1ccc(-c2ccccc2)cc1C(=O)N[C@@H](CO)Cc1cn(C)c2ccccc12. The summed E-state index contributed by atoms with van der Waals surface area (Å²) in [6.07, 6.45) is 3.44. The van der Waals surface area contributed by atoms with Crippen LogP contribution in [0.3, 0.4) is 0 Å². The lowest BCUT2D eigenvalue weighted by Crippen LogP contribution is -2.39. The van der Waals surface area contributed by atoms with E-state index < -0.39 is 6.04 Å². The van der Waals surface area contributed by atoms with Crippen LogP contribution in [-0.2, 0) is 13.5 Å². The first-order valence-corrected chi connectivity index (χ1v) is 11.4. The highest BCUT2D eigenvalue weighted by Gasteiger charge is 2.20. The minimum absolute atomic E-state index is 0.154. The molecule has 0 unspecified atom stereocenters. The third kappa shape index (κ3) is 5.10. The van der Waals surface area contributed by atoms with E-state index in [9.17, 15) is 9.90 Å². The van der Waals surface area contributed by atoms with Crippen molar-refractivity contribution in [3.63, 3.8) is 0 Å². The van der Waals surface area contributed by atoms with E-state index >= 15 is 0 Å². The van der Waals surface area contributed by atoms with Crippen molar-refractivity contribution in [3.05, 3.63) is 90.1 Å². The number of para-hydroxylation sites is 1. The zero-order valence-corrected chi connectivity index (χ0v) is 19.1. The Morgan fingerprint density at radius 2 is 1.79 bits per heavy atom. The van der Waals surface area contributed by atoms with E-state index in [-0.39, 0.29) is 12.5 Å². The molecule has 170 valence electrons. The Morgan fingerprint density at radius 1 is 1.03 bits per heavy atom. The molecule has 4 rings (SSSR count). The fourth-order valence-corrected chi connectivity index (χ4v) is 4.13. The molecule has 33 heavy (non-hydrogen) atoms. The van der Waals surface area contributed by atoms with Gasteiger partial charge < -0.3 is 19.7 Å². The van der Waals surface area contributed by atoms with Crippen LogP contribution in [0.4, 0.5) is 0 Å². The van der Waals surface area contributed by atoms with Gasteiger partial charge in [0.15, 0.2) is 0 Å². The van der Waals surface area contributed by atoms with E-state index in [1.165, 1.54) is 0 Å². The van der Waals surface area contributed by atoms with Crippen molar-refractivity contribution in [2.24, 2.45) is 7.05 Å². The first-order valence-electron chi connectivity index (χ1n) is 11.4. The molecule has 0 bridgehead atoms. The van der Waals surface area contributed by atoms with Crippen LogP contribution in [0, 0.1) is 0 Å². The molecular formula is C28H30N2O3. The molecule has 0 radical (unpaired) electrons. The molecule has 3 aromatic carbocycles. The van der Waals surface area contributed by atoms with Gasteiger partial charge in [-0.2, -0.15) is 0 Å². The lowest BCUT2D eigenvalue weighted by Gasteiger charge is -2.18. The number of ether oxygens (including phenoxy) is 1. The number of nitrogens with one attached hydrogen (secondary N) is 1. The first kappa shape index (κ1) is 22.6. The topological polar surface area (TPSA) is 63.5 Å². The number of carbonyl (C=O) groups is 1. The van der Waals surface area contributed by atoms with Gasteiger partial charge in [0.25, 0.3) is 5.91 Å². The number of benzene rings is 3. The predicted octanol–water partition coefficient (Wildman–Crippen LogP) is 4.97. The molecular weight excluding hydrogens is 412 g/mol. The Hall–Kier alpha value is -3.57. The van der Waals surface area contributed by atoms with Crippen LogP contribution in [0.1, 0.15) is 29.3 Å². The highest BCUT2D eigenvalue weighted by atomic mass is 16.5.